The van der Waals surface area contributed by atoms with Gasteiger partial charge >= 0.3 is 11.9 Å². The van der Waals surface area contributed by atoms with Crippen LogP contribution in [0.2, 0.25) is 0 Å². The summed E-state index contributed by atoms with van der Waals surface area (Å²) < 4.78 is 15.3. The molecule has 1 N–H and O–H groups in total. The zero-order valence-electron chi connectivity index (χ0n) is 14.6. The van der Waals surface area contributed by atoms with Crippen LogP contribution in [0.15, 0.2) is 47.5 Å². The molecule has 26 heavy (non-hydrogen) atoms. The van der Waals surface area contributed by atoms with Crippen LogP contribution in [0.1, 0.15) is 22.8 Å². The molecule has 7 nitrogen and oxygen atoms in total. The Morgan fingerprint density at radius 2 is 1.88 bits per heavy atom. The Morgan fingerprint density at radius 3 is 2.54 bits per heavy atom. The molecule has 0 saturated heterocycles. The molecule has 0 spiro atoms. The number of aliphatic carboxylic acids is 1. The molecule has 0 fully saturated rings. The minimum absolute atomic E-state index is 0.326. The number of esters is 1. The molecule has 136 valence electrons. The van der Waals surface area contributed by atoms with Gasteiger partial charge in [0.2, 0.25) is 0 Å². The van der Waals surface area contributed by atoms with Gasteiger partial charge in [0.25, 0.3) is 0 Å². The maximum atomic E-state index is 11.6. The Hall–Kier alpha value is -3.35. The van der Waals surface area contributed by atoms with Gasteiger partial charge < -0.3 is 19.3 Å². The van der Waals surface area contributed by atoms with E-state index in [0.29, 0.717) is 22.7 Å². The summed E-state index contributed by atoms with van der Waals surface area (Å²) in [6.07, 6.45) is 0.605. The predicted octanol–water partition coefficient (Wildman–Crippen LogP) is 3.08. The molecule has 0 aliphatic carbocycles. The maximum Gasteiger partial charge on any atom is 0.344 e. The van der Waals surface area contributed by atoms with Crippen molar-refractivity contribution in [3.8, 4) is 11.5 Å². The maximum absolute atomic E-state index is 11.6. The van der Waals surface area contributed by atoms with Gasteiger partial charge in [0, 0.05) is 6.21 Å². The first-order valence-electron chi connectivity index (χ1n) is 7.74. The van der Waals surface area contributed by atoms with Crippen LogP contribution >= 0.6 is 0 Å². The highest BCUT2D eigenvalue weighted by molar-refractivity contribution is 5.91. The van der Waals surface area contributed by atoms with Crippen LogP contribution < -0.4 is 9.47 Å². The van der Waals surface area contributed by atoms with Gasteiger partial charge in [0.1, 0.15) is 0 Å². The van der Waals surface area contributed by atoms with Crippen molar-refractivity contribution in [1.82, 2.24) is 0 Å². The van der Waals surface area contributed by atoms with Gasteiger partial charge in [0.05, 0.1) is 25.5 Å². The van der Waals surface area contributed by atoms with E-state index in [1.165, 1.54) is 21.1 Å². The first kappa shape index (κ1) is 19.0. The summed E-state index contributed by atoms with van der Waals surface area (Å²) in [4.78, 5) is 26.8. The van der Waals surface area contributed by atoms with Crippen molar-refractivity contribution in [2.45, 2.75) is 13.0 Å². The van der Waals surface area contributed by atoms with Crippen molar-refractivity contribution in [1.29, 1.82) is 0 Å². The van der Waals surface area contributed by atoms with Crippen molar-refractivity contribution in [3.05, 3.63) is 53.6 Å². The molecule has 1 atom stereocenters. The summed E-state index contributed by atoms with van der Waals surface area (Å²) >= 11 is 0. The van der Waals surface area contributed by atoms with Crippen molar-refractivity contribution in [3.63, 3.8) is 0 Å². The van der Waals surface area contributed by atoms with Gasteiger partial charge in [-0.3, -0.25) is 4.99 Å². The van der Waals surface area contributed by atoms with Gasteiger partial charge in [-0.05, 0) is 48.9 Å². The number of rotatable bonds is 7. The van der Waals surface area contributed by atoms with Crippen LogP contribution in [0.5, 0.6) is 11.5 Å². The third-order valence-electron chi connectivity index (χ3n) is 3.47. The average molecular weight is 357 g/mol. The first-order chi connectivity index (χ1) is 12.4. The Labute approximate surface area is 150 Å². The van der Waals surface area contributed by atoms with Gasteiger partial charge in [-0.1, -0.05) is 6.07 Å². The van der Waals surface area contributed by atoms with Gasteiger partial charge in [-0.25, -0.2) is 9.59 Å². The first-order valence-corrected chi connectivity index (χ1v) is 7.74. The number of carbonyl (C=O) groups excluding carboxylic acids is 1. The summed E-state index contributed by atoms with van der Waals surface area (Å²) in [6.45, 7) is 1.44. The fourth-order valence-electron chi connectivity index (χ4n) is 2.08. The third-order valence-corrected chi connectivity index (χ3v) is 3.47. The van der Waals surface area contributed by atoms with Crippen molar-refractivity contribution >= 4 is 23.8 Å². The highest BCUT2D eigenvalue weighted by Crippen LogP contribution is 2.28. The zero-order valence-corrected chi connectivity index (χ0v) is 14.6. The Bertz CT molecular complexity index is 831. The van der Waals surface area contributed by atoms with Crippen molar-refractivity contribution in [2.75, 3.05) is 14.2 Å². The van der Waals surface area contributed by atoms with E-state index in [-0.39, 0.29) is 0 Å². The average Bonchev–Trinajstić information content (AvgIpc) is 2.66. The molecule has 0 aromatic heterocycles. The van der Waals surface area contributed by atoms with Crippen molar-refractivity contribution in [2.24, 2.45) is 4.99 Å². The van der Waals surface area contributed by atoms with Gasteiger partial charge in [-0.2, -0.15) is 0 Å². The number of carbonyl (C=O) groups is 2. The molecule has 0 bridgehead atoms. The van der Waals surface area contributed by atoms with E-state index in [0.717, 1.165) is 5.56 Å². The summed E-state index contributed by atoms with van der Waals surface area (Å²) in [6, 6.07) is 11.7. The molecule has 0 heterocycles. The van der Waals surface area contributed by atoms with E-state index < -0.39 is 18.0 Å². The number of aliphatic imine (C=N–C) groups is 1. The molecular weight excluding hydrogens is 338 g/mol. The summed E-state index contributed by atoms with van der Waals surface area (Å²) in [7, 11) is 2.79. The molecule has 7 heteroatoms. The predicted molar refractivity (Wildman–Crippen MR) is 95.8 cm³/mol. The molecule has 2 rings (SSSR count). The number of benzene rings is 2. The van der Waals surface area contributed by atoms with Crippen LogP contribution in [-0.2, 0) is 9.53 Å². The SMILES string of the molecule is COC(=O)c1cccc(N=Cc2ccc(O[C@@H](C)C(=O)O)c(OC)c2)c1. The Morgan fingerprint density at radius 1 is 1.12 bits per heavy atom. The van der Waals surface area contributed by atoms with E-state index in [1.54, 1.807) is 48.7 Å². The lowest BCUT2D eigenvalue weighted by Crippen LogP contribution is -2.23. The van der Waals surface area contributed by atoms with Crippen LogP contribution in [0.4, 0.5) is 5.69 Å². The monoisotopic (exact) mass is 357 g/mol. The van der Waals surface area contributed by atoms with Gasteiger partial charge in [0.15, 0.2) is 17.6 Å². The molecular formula is C19H19NO6. The lowest BCUT2D eigenvalue weighted by Gasteiger charge is -2.14. The van der Waals surface area contributed by atoms with Crippen LogP contribution in [0.25, 0.3) is 0 Å². The number of nitrogens with zero attached hydrogens (tertiary/aromatic N) is 1. The Kier molecular flexibility index (Phi) is 6.32. The second kappa shape index (κ2) is 8.66. The largest absolute Gasteiger partial charge is 0.493 e. The highest BCUT2D eigenvalue weighted by Gasteiger charge is 2.15. The fraction of sp³-hybridized carbons (Fsp3) is 0.211. The van der Waals surface area contributed by atoms with E-state index in [9.17, 15) is 9.59 Å². The molecule has 0 radical (unpaired) electrons. The second-order valence-electron chi connectivity index (χ2n) is 5.31. The number of hydrogen-bond acceptors (Lipinski definition) is 6. The lowest BCUT2D eigenvalue weighted by molar-refractivity contribution is -0.144. The van der Waals surface area contributed by atoms with Crippen LogP contribution in [-0.4, -0.2) is 43.6 Å². The van der Waals surface area contributed by atoms with Crippen molar-refractivity contribution < 1.29 is 28.9 Å². The van der Waals surface area contributed by atoms with E-state index >= 15 is 0 Å². The number of hydrogen-bond donors (Lipinski definition) is 1. The quantitative estimate of drug-likeness (QED) is 0.604. The number of carboxylic acid groups (broad SMARTS) is 1. The summed E-state index contributed by atoms with van der Waals surface area (Å²) in [5.41, 5.74) is 1.72. The second-order valence-corrected chi connectivity index (χ2v) is 5.31. The molecule has 2 aromatic carbocycles. The number of methoxy groups -OCH3 is 2. The lowest BCUT2D eigenvalue weighted by atomic mass is 10.2. The van der Waals surface area contributed by atoms with E-state index in [4.69, 9.17) is 14.6 Å². The number of ether oxygens (including phenoxy) is 3. The number of carboxylic acids is 1. The molecule has 0 aliphatic rings. The molecule has 0 unspecified atom stereocenters. The molecule has 0 saturated carbocycles. The minimum Gasteiger partial charge on any atom is -0.493 e. The zero-order chi connectivity index (χ0) is 19.1. The van der Waals surface area contributed by atoms with Crippen LogP contribution in [0.3, 0.4) is 0 Å². The topological polar surface area (TPSA) is 94.4 Å². The highest BCUT2D eigenvalue weighted by atomic mass is 16.5. The van der Waals surface area contributed by atoms with E-state index in [1.807, 2.05) is 0 Å². The third kappa shape index (κ3) is 4.83. The fourth-order valence-corrected chi connectivity index (χ4v) is 2.08. The van der Waals surface area contributed by atoms with Crippen LogP contribution in [0, 0.1) is 0 Å². The minimum atomic E-state index is -1.07. The summed E-state index contributed by atoms with van der Waals surface area (Å²) in [5, 5.41) is 8.93. The Balaban J connectivity index is 2.20. The summed E-state index contributed by atoms with van der Waals surface area (Å²) in [5.74, 6) is -0.779. The normalized spacial score (nSPS) is 11.8. The molecule has 0 aliphatic heterocycles. The van der Waals surface area contributed by atoms with E-state index in [2.05, 4.69) is 9.73 Å². The van der Waals surface area contributed by atoms with Gasteiger partial charge in [-0.15, -0.1) is 0 Å². The smallest absolute Gasteiger partial charge is 0.344 e. The molecule has 0 amide bonds. The molecule has 2 aromatic rings. The standard InChI is InChI=1S/C19H19NO6/c1-12(18(21)22)26-16-8-7-13(9-17(16)24-2)11-20-15-6-4-5-14(10-15)19(23)25-3/h4-12H,1-3H3,(H,21,22)/t12-/m0/s1.